The van der Waals surface area contributed by atoms with Crippen molar-refractivity contribution in [1.82, 2.24) is 0 Å². The molecule has 1 aliphatic carbocycles. The summed E-state index contributed by atoms with van der Waals surface area (Å²) in [6.07, 6.45) is 6.66. The Kier molecular flexibility index (Phi) is 1.69. The minimum Gasteiger partial charge on any atom is -0.324 e. The summed E-state index contributed by atoms with van der Waals surface area (Å²) in [6.45, 7) is 2.24. The van der Waals surface area contributed by atoms with E-state index in [0.29, 0.717) is 6.04 Å². The lowest BCUT2D eigenvalue weighted by molar-refractivity contribution is 0.487. The number of rotatable bonds is 0. The van der Waals surface area contributed by atoms with Gasteiger partial charge in [0.1, 0.15) is 0 Å². The molecular weight excluding hydrogens is 98.1 g/mol. The van der Waals surface area contributed by atoms with E-state index in [-0.39, 0.29) is 0 Å². The average Bonchev–Trinajstić information content (AvgIpc) is 1.64. The number of nitrogens with two attached hydrogens (primary N) is 1. The van der Waals surface area contributed by atoms with Gasteiger partial charge >= 0.3 is 0 Å². The zero-order valence-corrected chi connectivity index (χ0v) is 5.30. The van der Waals surface area contributed by atoms with E-state index in [1.54, 1.807) is 0 Å². The fourth-order valence-electron chi connectivity index (χ4n) is 1.13. The van der Waals surface area contributed by atoms with Crippen LogP contribution in [0.2, 0.25) is 0 Å². The fraction of sp³-hybridized carbons (Fsp3) is 0.714. The largest absolute Gasteiger partial charge is 0.324 e. The Morgan fingerprint density at radius 1 is 1.62 bits per heavy atom. The minimum atomic E-state index is 0.332. The van der Waals surface area contributed by atoms with Crippen LogP contribution >= 0.6 is 0 Å². The van der Waals surface area contributed by atoms with Crippen molar-refractivity contribution in [3.63, 3.8) is 0 Å². The second-order valence-corrected chi connectivity index (χ2v) is 2.67. The highest BCUT2D eigenvalue weighted by atomic mass is 14.6. The molecule has 0 saturated carbocycles. The SMILES string of the molecule is C[C@@H]1CC=C[C@@H](N)C1. The van der Waals surface area contributed by atoms with Crippen molar-refractivity contribution >= 4 is 0 Å². The Balaban J connectivity index is 2.42. The van der Waals surface area contributed by atoms with E-state index in [1.807, 2.05) is 0 Å². The van der Waals surface area contributed by atoms with E-state index < -0.39 is 0 Å². The summed E-state index contributed by atoms with van der Waals surface area (Å²) in [5.41, 5.74) is 5.64. The van der Waals surface area contributed by atoms with Gasteiger partial charge in [-0.15, -0.1) is 0 Å². The molecule has 0 fully saturated rings. The smallest absolute Gasteiger partial charge is 0.0226 e. The van der Waals surface area contributed by atoms with E-state index in [1.165, 1.54) is 6.42 Å². The van der Waals surface area contributed by atoms with Crippen molar-refractivity contribution in [3.8, 4) is 0 Å². The molecule has 0 aromatic rings. The lowest BCUT2D eigenvalue weighted by Crippen LogP contribution is -2.22. The minimum absolute atomic E-state index is 0.332. The summed E-state index contributed by atoms with van der Waals surface area (Å²) >= 11 is 0. The standard InChI is InChI=1S/C7H13N/c1-6-3-2-4-7(8)5-6/h2,4,6-7H,3,5,8H2,1H3/t6-,7-/m1/s1. The van der Waals surface area contributed by atoms with Crippen LogP contribution in [-0.4, -0.2) is 6.04 Å². The summed E-state index contributed by atoms with van der Waals surface area (Å²) in [5.74, 6) is 0.801. The Bertz CT molecular complexity index is 96.6. The quantitative estimate of drug-likeness (QED) is 0.468. The monoisotopic (exact) mass is 111 g/mol. The van der Waals surface area contributed by atoms with E-state index in [0.717, 1.165) is 12.3 Å². The van der Waals surface area contributed by atoms with Crippen LogP contribution in [0.4, 0.5) is 0 Å². The molecule has 0 aromatic carbocycles. The van der Waals surface area contributed by atoms with Gasteiger partial charge in [-0.2, -0.15) is 0 Å². The van der Waals surface area contributed by atoms with Crippen molar-refractivity contribution in [2.45, 2.75) is 25.8 Å². The van der Waals surface area contributed by atoms with Gasteiger partial charge in [0.2, 0.25) is 0 Å². The summed E-state index contributed by atoms with van der Waals surface area (Å²) < 4.78 is 0. The fourth-order valence-corrected chi connectivity index (χ4v) is 1.13. The molecule has 0 amide bonds. The van der Waals surface area contributed by atoms with Gasteiger partial charge in [0.15, 0.2) is 0 Å². The predicted molar refractivity (Wildman–Crippen MR) is 35.5 cm³/mol. The first kappa shape index (κ1) is 5.83. The third-order valence-electron chi connectivity index (χ3n) is 1.60. The van der Waals surface area contributed by atoms with Gasteiger partial charge in [0, 0.05) is 6.04 Å². The Morgan fingerprint density at radius 3 is 2.75 bits per heavy atom. The number of hydrogen-bond acceptors (Lipinski definition) is 1. The van der Waals surface area contributed by atoms with Crippen LogP contribution in [0.15, 0.2) is 12.2 Å². The maximum Gasteiger partial charge on any atom is 0.0226 e. The van der Waals surface area contributed by atoms with Gasteiger partial charge in [0.25, 0.3) is 0 Å². The Labute approximate surface area is 50.6 Å². The molecule has 2 N–H and O–H groups in total. The van der Waals surface area contributed by atoms with Crippen LogP contribution in [0.5, 0.6) is 0 Å². The molecule has 1 heteroatoms. The zero-order chi connectivity index (χ0) is 5.98. The van der Waals surface area contributed by atoms with Crippen molar-refractivity contribution in [1.29, 1.82) is 0 Å². The van der Waals surface area contributed by atoms with Gasteiger partial charge in [-0.3, -0.25) is 0 Å². The lowest BCUT2D eigenvalue weighted by atomic mass is 9.93. The summed E-state index contributed by atoms with van der Waals surface area (Å²) in [4.78, 5) is 0. The highest BCUT2D eigenvalue weighted by Gasteiger charge is 2.08. The van der Waals surface area contributed by atoms with Gasteiger partial charge < -0.3 is 5.73 Å². The third kappa shape index (κ3) is 1.34. The number of allylic oxidation sites excluding steroid dienone is 1. The molecule has 0 heterocycles. The maximum absolute atomic E-state index is 5.64. The van der Waals surface area contributed by atoms with E-state index in [4.69, 9.17) is 5.73 Å². The van der Waals surface area contributed by atoms with Crippen LogP contribution in [0.1, 0.15) is 19.8 Å². The molecule has 46 valence electrons. The first-order chi connectivity index (χ1) is 3.79. The summed E-state index contributed by atoms with van der Waals surface area (Å²) in [6, 6.07) is 0.332. The molecule has 0 aliphatic heterocycles. The van der Waals surface area contributed by atoms with E-state index in [9.17, 15) is 0 Å². The highest BCUT2D eigenvalue weighted by molar-refractivity contribution is 4.97. The topological polar surface area (TPSA) is 26.0 Å². The third-order valence-corrected chi connectivity index (χ3v) is 1.60. The van der Waals surface area contributed by atoms with Crippen molar-refractivity contribution in [2.75, 3.05) is 0 Å². The van der Waals surface area contributed by atoms with Gasteiger partial charge in [-0.05, 0) is 18.8 Å². The predicted octanol–water partition coefficient (Wildman–Crippen LogP) is 1.30. The van der Waals surface area contributed by atoms with E-state index >= 15 is 0 Å². The van der Waals surface area contributed by atoms with Gasteiger partial charge in [-0.1, -0.05) is 19.1 Å². The van der Waals surface area contributed by atoms with Crippen molar-refractivity contribution in [2.24, 2.45) is 11.7 Å². The Hall–Kier alpha value is -0.300. The molecule has 8 heavy (non-hydrogen) atoms. The Morgan fingerprint density at radius 2 is 2.38 bits per heavy atom. The first-order valence-electron chi connectivity index (χ1n) is 3.21. The molecule has 1 aliphatic rings. The van der Waals surface area contributed by atoms with Crippen LogP contribution < -0.4 is 5.73 Å². The first-order valence-corrected chi connectivity index (χ1v) is 3.21. The normalized spacial score (nSPS) is 37.8. The molecular formula is C7H13N. The molecule has 0 spiro atoms. The van der Waals surface area contributed by atoms with Crippen LogP contribution in [-0.2, 0) is 0 Å². The average molecular weight is 111 g/mol. The molecule has 2 atom stereocenters. The van der Waals surface area contributed by atoms with E-state index in [2.05, 4.69) is 19.1 Å². The van der Waals surface area contributed by atoms with Crippen molar-refractivity contribution < 1.29 is 0 Å². The van der Waals surface area contributed by atoms with Crippen LogP contribution in [0.25, 0.3) is 0 Å². The van der Waals surface area contributed by atoms with Gasteiger partial charge in [0.05, 0.1) is 0 Å². The molecule has 1 rings (SSSR count). The van der Waals surface area contributed by atoms with Gasteiger partial charge in [-0.25, -0.2) is 0 Å². The molecule has 0 radical (unpaired) electrons. The van der Waals surface area contributed by atoms with Crippen LogP contribution in [0.3, 0.4) is 0 Å². The van der Waals surface area contributed by atoms with Crippen LogP contribution in [0, 0.1) is 5.92 Å². The molecule has 0 aromatic heterocycles. The lowest BCUT2D eigenvalue weighted by Gasteiger charge is -2.16. The summed E-state index contributed by atoms with van der Waals surface area (Å²) in [7, 11) is 0. The number of hydrogen-bond donors (Lipinski definition) is 1. The zero-order valence-electron chi connectivity index (χ0n) is 5.30. The molecule has 0 unspecified atom stereocenters. The molecule has 0 saturated heterocycles. The second-order valence-electron chi connectivity index (χ2n) is 2.67. The van der Waals surface area contributed by atoms with Crippen molar-refractivity contribution in [3.05, 3.63) is 12.2 Å². The maximum atomic E-state index is 5.64. The highest BCUT2D eigenvalue weighted by Crippen LogP contribution is 2.15. The summed E-state index contributed by atoms with van der Waals surface area (Å²) in [5, 5.41) is 0. The molecule has 1 nitrogen and oxygen atoms in total. The molecule has 0 bridgehead atoms. The second kappa shape index (κ2) is 2.31.